The lowest BCUT2D eigenvalue weighted by molar-refractivity contribution is -0.127. The predicted molar refractivity (Wildman–Crippen MR) is 58.1 cm³/mol. The Labute approximate surface area is 86.4 Å². The lowest BCUT2D eigenvalue weighted by Gasteiger charge is -2.35. The summed E-state index contributed by atoms with van der Waals surface area (Å²) in [6.45, 7) is 8.51. The highest BCUT2D eigenvalue weighted by Crippen LogP contribution is 2.15. The molecule has 1 amide bonds. The zero-order valence-corrected chi connectivity index (χ0v) is 9.20. The smallest absolute Gasteiger partial charge is 0.245 e. The molecule has 0 N–H and O–H groups in total. The maximum Gasteiger partial charge on any atom is 0.245 e. The minimum Gasteiger partial charge on any atom is -0.339 e. The normalized spacial score (nSPS) is 18.6. The van der Waals surface area contributed by atoms with Crippen LogP contribution in [0.2, 0.25) is 0 Å². The molecule has 14 heavy (non-hydrogen) atoms. The van der Waals surface area contributed by atoms with Gasteiger partial charge in [0, 0.05) is 19.1 Å². The molecule has 0 aromatic heterocycles. The zero-order chi connectivity index (χ0) is 10.6. The average Bonchev–Trinajstić information content (AvgIpc) is 2.27. The number of likely N-dealkylation sites (tertiary alicyclic amines) is 1. The molecule has 3 nitrogen and oxygen atoms in total. The van der Waals surface area contributed by atoms with Crippen molar-refractivity contribution in [3.63, 3.8) is 0 Å². The Morgan fingerprint density at radius 2 is 2.14 bits per heavy atom. The standard InChI is InChI=1S/C11H20N2O/c1-4-11(14)13-8-6-10(7-9-13)12(3)5-2/h4,10H,1,5-9H2,2-3H3. The zero-order valence-electron chi connectivity index (χ0n) is 9.20. The van der Waals surface area contributed by atoms with Crippen LogP contribution in [0.5, 0.6) is 0 Å². The fourth-order valence-electron chi connectivity index (χ4n) is 1.91. The van der Waals surface area contributed by atoms with Crippen LogP contribution in [0.25, 0.3) is 0 Å². The molecule has 1 aliphatic rings. The van der Waals surface area contributed by atoms with Gasteiger partial charge in [-0.15, -0.1) is 0 Å². The molecular formula is C11H20N2O. The highest BCUT2D eigenvalue weighted by atomic mass is 16.2. The third-order valence-corrected chi connectivity index (χ3v) is 3.07. The highest BCUT2D eigenvalue weighted by Gasteiger charge is 2.22. The summed E-state index contributed by atoms with van der Waals surface area (Å²) in [5.74, 6) is 0.0719. The van der Waals surface area contributed by atoms with Crippen LogP contribution in [0.1, 0.15) is 19.8 Å². The van der Waals surface area contributed by atoms with Gasteiger partial charge >= 0.3 is 0 Å². The Balaban J connectivity index is 2.38. The van der Waals surface area contributed by atoms with Crippen LogP contribution in [-0.4, -0.2) is 48.4 Å². The first-order valence-corrected chi connectivity index (χ1v) is 5.30. The van der Waals surface area contributed by atoms with Gasteiger partial charge in [0.1, 0.15) is 0 Å². The minimum absolute atomic E-state index is 0.0719. The molecule has 1 fully saturated rings. The first-order valence-electron chi connectivity index (χ1n) is 5.30. The van der Waals surface area contributed by atoms with Crippen molar-refractivity contribution < 1.29 is 4.79 Å². The van der Waals surface area contributed by atoms with Crippen LogP contribution in [0.15, 0.2) is 12.7 Å². The summed E-state index contributed by atoms with van der Waals surface area (Å²) >= 11 is 0. The summed E-state index contributed by atoms with van der Waals surface area (Å²) in [5.41, 5.74) is 0. The second-order valence-corrected chi connectivity index (χ2v) is 3.83. The molecule has 0 bridgehead atoms. The number of carbonyl (C=O) groups excluding carboxylic acids is 1. The summed E-state index contributed by atoms with van der Waals surface area (Å²) in [6, 6.07) is 0.647. The van der Waals surface area contributed by atoms with E-state index in [2.05, 4.69) is 25.5 Å². The fraction of sp³-hybridized carbons (Fsp3) is 0.727. The fourth-order valence-corrected chi connectivity index (χ4v) is 1.91. The first kappa shape index (κ1) is 11.2. The van der Waals surface area contributed by atoms with Gasteiger partial charge in [0.05, 0.1) is 0 Å². The van der Waals surface area contributed by atoms with E-state index in [4.69, 9.17) is 0 Å². The predicted octanol–water partition coefficient (Wildman–Crippen LogP) is 1.12. The van der Waals surface area contributed by atoms with Crippen molar-refractivity contribution in [2.45, 2.75) is 25.8 Å². The van der Waals surface area contributed by atoms with Gasteiger partial charge in [-0.2, -0.15) is 0 Å². The van der Waals surface area contributed by atoms with Crippen LogP contribution in [0, 0.1) is 0 Å². The summed E-state index contributed by atoms with van der Waals surface area (Å²) in [7, 11) is 2.15. The molecule has 0 unspecified atom stereocenters. The topological polar surface area (TPSA) is 23.6 Å². The van der Waals surface area contributed by atoms with Gasteiger partial charge in [-0.1, -0.05) is 13.5 Å². The van der Waals surface area contributed by atoms with Gasteiger partial charge in [-0.05, 0) is 32.5 Å². The molecular weight excluding hydrogens is 176 g/mol. The Morgan fingerprint density at radius 1 is 1.57 bits per heavy atom. The maximum atomic E-state index is 11.3. The van der Waals surface area contributed by atoms with Gasteiger partial charge in [-0.3, -0.25) is 4.79 Å². The molecule has 1 saturated heterocycles. The van der Waals surface area contributed by atoms with Gasteiger partial charge in [-0.25, -0.2) is 0 Å². The van der Waals surface area contributed by atoms with Gasteiger partial charge in [0.2, 0.25) is 5.91 Å². The number of rotatable bonds is 3. The van der Waals surface area contributed by atoms with Crippen molar-refractivity contribution in [3.05, 3.63) is 12.7 Å². The van der Waals surface area contributed by atoms with Crippen molar-refractivity contribution in [2.24, 2.45) is 0 Å². The number of hydrogen-bond acceptors (Lipinski definition) is 2. The van der Waals surface area contributed by atoms with Crippen molar-refractivity contribution in [1.82, 2.24) is 9.80 Å². The second-order valence-electron chi connectivity index (χ2n) is 3.83. The monoisotopic (exact) mass is 196 g/mol. The molecule has 80 valence electrons. The third-order valence-electron chi connectivity index (χ3n) is 3.07. The van der Waals surface area contributed by atoms with E-state index in [0.29, 0.717) is 6.04 Å². The Kier molecular flexibility index (Phi) is 4.14. The molecule has 3 heteroatoms. The molecule has 1 rings (SSSR count). The summed E-state index contributed by atoms with van der Waals surface area (Å²) in [4.78, 5) is 15.5. The van der Waals surface area contributed by atoms with E-state index in [1.807, 2.05) is 4.90 Å². The molecule has 0 aromatic carbocycles. The van der Waals surface area contributed by atoms with E-state index in [1.165, 1.54) is 6.08 Å². The maximum absolute atomic E-state index is 11.3. The molecule has 0 aliphatic carbocycles. The van der Waals surface area contributed by atoms with E-state index in [-0.39, 0.29) is 5.91 Å². The molecule has 0 atom stereocenters. The van der Waals surface area contributed by atoms with E-state index >= 15 is 0 Å². The third kappa shape index (κ3) is 2.58. The highest BCUT2D eigenvalue weighted by molar-refractivity contribution is 5.87. The van der Waals surface area contributed by atoms with Crippen molar-refractivity contribution in [1.29, 1.82) is 0 Å². The van der Waals surface area contributed by atoms with Crippen molar-refractivity contribution >= 4 is 5.91 Å². The van der Waals surface area contributed by atoms with E-state index in [1.54, 1.807) is 0 Å². The van der Waals surface area contributed by atoms with Crippen LogP contribution >= 0.6 is 0 Å². The molecule has 1 aliphatic heterocycles. The lowest BCUT2D eigenvalue weighted by atomic mass is 10.0. The van der Waals surface area contributed by atoms with E-state index in [0.717, 1.165) is 32.5 Å². The number of nitrogens with zero attached hydrogens (tertiary/aromatic N) is 2. The summed E-state index contributed by atoms with van der Waals surface area (Å²) in [6.07, 6.45) is 3.58. The van der Waals surface area contributed by atoms with Crippen LogP contribution < -0.4 is 0 Å². The average molecular weight is 196 g/mol. The Morgan fingerprint density at radius 3 is 2.57 bits per heavy atom. The number of amides is 1. The summed E-state index contributed by atoms with van der Waals surface area (Å²) in [5, 5.41) is 0. The Hall–Kier alpha value is -0.830. The number of piperidine rings is 1. The van der Waals surface area contributed by atoms with E-state index in [9.17, 15) is 4.79 Å². The largest absolute Gasteiger partial charge is 0.339 e. The second kappa shape index (κ2) is 5.15. The van der Waals surface area contributed by atoms with Gasteiger partial charge < -0.3 is 9.80 Å². The number of hydrogen-bond donors (Lipinski definition) is 0. The van der Waals surface area contributed by atoms with Gasteiger partial charge in [0.15, 0.2) is 0 Å². The molecule has 0 spiro atoms. The molecule has 0 saturated carbocycles. The molecule has 0 radical (unpaired) electrons. The lowest BCUT2D eigenvalue weighted by Crippen LogP contribution is -2.44. The Bertz CT molecular complexity index is 207. The quantitative estimate of drug-likeness (QED) is 0.631. The van der Waals surface area contributed by atoms with Crippen LogP contribution in [-0.2, 0) is 4.79 Å². The van der Waals surface area contributed by atoms with Crippen LogP contribution in [0.4, 0.5) is 0 Å². The minimum atomic E-state index is 0.0719. The summed E-state index contributed by atoms with van der Waals surface area (Å²) < 4.78 is 0. The van der Waals surface area contributed by atoms with Crippen molar-refractivity contribution in [3.8, 4) is 0 Å². The van der Waals surface area contributed by atoms with Crippen molar-refractivity contribution in [2.75, 3.05) is 26.7 Å². The number of carbonyl (C=O) groups is 1. The molecule has 0 aromatic rings. The first-order chi connectivity index (χ1) is 6.69. The molecule has 1 heterocycles. The van der Waals surface area contributed by atoms with Gasteiger partial charge in [0.25, 0.3) is 0 Å². The SMILES string of the molecule is C=CC(=O)N1CCC(N(C)CC)CC1. The van der Waals surface area contributed by atoms with E-state index < -0.39 is 0 Å². The van der Waals surface area contributed by atoms with Crippen LogP contribution in [0.3, 0.4) is 0 Å².